The van der Waals surface area contributed by atoms with Gasteiger partial charge in [-0.15, -0.1) is 0 Å². The van der Waals surface area contributed by atoms with Crippen molar-refractivity contribution in [3.63, 3.8) is 0 Å². The van der Waals surface area contributed by atoms with Gasteiger partial charge in [-0.05, 0) is 67.9 Å². The molecule has 3 atom stereocenters. The molecule has 3 aromatic rings. The topological polar surface area (TPSA) is 139 Å². The molecular weight excluding hydrogens is 566 g/mol. The number of aromatic nitrogens is 2. The van der Waals surface area contributed by atoms with Crippen LogP contribution in [0.15, 0.2) is 53.4 Å². The highest BCUT2D eigenvalue weighted by Gasteiger charge is 2.40. The standard InChI is InChI=1S/C32H41N5O5S/c1-20-10-7-11-21(2)28(20)25-17-27(35-31(33)34-25)42-19-23(18-32(3,4)5)37(26-14-9-15-36(6)30(26)39)29(38)22-12-8-13-24(16-22)43(40)41/h7-8,10-13,16-17,23,26H,9,14-15,18-19H2,1-6H3,(H,40,41)(H2,33,34,35)/t23-,26?/m1/s1. The molecule has 2 unspecified atom stereocenters. The number of likely N-dealkylation sites (tertiary alicyclic amines) is 1. The lowest BCUT2D eigenvalue weighted by molar-refractivity contribution is -0.139. The zero-order chi connectivity index (χ0) is 31.5. The van der Waals surface area contributed by atoms with Gasteiger partial charge in [0, 0.05) is 30.8 Å². The summed E-state index contributed by atoms with van der Waals surface area (Å²) in [6.07, 6.45) is 1.75. The first-order valence-corrected chi connectivity index (χ1v) is 15.5. The van der Waals surface area contributed by atoms with E-state index in [1.807, 2.05) is 32.0 Å². The van der Waals surface area contributed by atoms with Crippen molar-refractivity contribution in [2.24, 2.45) is 5.41 Å². The van der Waals surface area contributed by atoms with Crippen LogP contribution in [0.25, 0.3) is 11.3 Å². The fourth-order valence-corrected chi connectivity index (χ4v) is 6.13. The molecule has 2 heterocycles. The minimum atomic E-state index is -2.26. The first-order valence-electron chi connectivity index (χ1n) is 14.4. The number of anilines is 1. The van der Waals surface area contributed by atoms with E-state index >= 15 is 0 Å². The number of hydrogen-bond donors (Lipinski definition) is 2. The summed E-state index contributed by atoms with van der Waals surface area (Å²) in [4.78, 5) is 39.9. The molecule has 230 valence electrons. The molecule has 43 heavy (non-hydrogen) atoms. The second-order valence-corrected chi connectivity index (χ2v) is 13.3. The Bertz CT molecular complexity index is 1500. The fraction of sp³-hybridized carbons (Fsp3) is 0.438. The minimum absolute atomic E-state index is 0.0464. The van der Waals surface area contributed by atoms with Crippen LogP contribution in [0.2, 0.25) is 0 Å². The maximum Gasteiger partial charge on any atom is 0.254 e. The molecule has 1 aliphatic rings. The van der Waals surface area contributed by atoms with Gasteiger partial charge in [-0.1, -0.05) is 45.0 Å². The number of nitrogens with two attached hydrogens (primary N) is 1. The highest BCUT2D eigenvalue weighted by molar-refractivity contribution is 7.79. The van der Waals surface area contributed by atoms with Gasteiger partial charge in [-0.3, -0.25) is 9.59 Å². The SMILES string of the molecule is Cc1cccc(C)c1-c1cc(OC[C@@H](CC(C)(C)C)N(C(=O)c2cccc(S(=O)O)c2)C2CCCN(C)C2=O)nc(N)n1. The van der Waals surface area contributed by atoms with E-state index in [0.29, 0.717) is 25.1 Å². The first kappa shape index (κ1) is 32.1. The number of hydrogen-bond acceptors (Lipinski definition) is 7. The molecule has 11 heteroatoms. The number of amides is 2. The molecule has 1 aromatic heterocycles. The van der Waals surface area contributed by atoms with E-state index in [9.17, 15) is 18.4 Å². The maximum atomic E-state index is 14.3. The van der Waals surface area contributed by atoms with Gasteiger partial charge in [0.1, 0.15) is 12.6 Å². The number of carbonyl (C=O) groups is 2. The molecule has 1 fully saturated rings. The summed E-state index contributed by atoms with van der Waals surface area (Å²) in [6.45, 7) is 10.9. The van der Waals surface area contributed by atoms with E-state index in [2.05, 4.69) is 30.7 Å². The first-order chi connectivity index (χ1) is 20.2. The normalized spacial score (nSPS) is 17.0. The number of aryl methyl sites for hydroxylation is 2. The predicted molar refractivity (Wildman–Crippen MR) is 167 cm³/mol. The lowest BCUT2D eigenvalue weighted by atomic mass is 9.86. The van der Waals surface area contributed by atoms with Crippen molar-refractivity contribution in [1.29, 1.82) is 0 Å². The van der Waals surface area contributed by atoms with Crippen molar-refractivity contribution in [2.45, 2.75) is 70.9 Å². The number of benzene rings is 2. The molecule has 0 bridgehead atoms. The van der Waals surface area contributed by atoms with Crippen molar-refractivity contribution in [2.75, 3.05) is 25.9 Å². The van der Waals surface area contributed by atoms with Crippen LogP contribution in [0.5, 0.6) is 5.88 Å². The summed E-state index contributed by atoms with van der Waals surface area (Å²) in [5.41, 5.74) is 9.76. The van der Waals surface area contributed by atoms with E-state index < -0.39 is 29.1 Å². The van der Waals surface area contributed by atoms with Crippen LogP contribution >= 0.6 is 0 Å². The fourth-order valence-electron chi connectivity index (χ4n) is 5.71. The van der Waals surface area contributed by atoms with Crippen molar-refractivity contribution < 1.29 is 23.1 Å². The predicted octanol–water partition coefficient (Wildman–Crippen LogP) is 4.87. The number of nitrogen functional groups attached to an aromatic ring is 1. The Balaban J connectivity index is 1.74. The summed E-state index contributed by atoms with van der Waals surface area (Å²) in [5, 5.41) is 0. The second-order valence-electron chi connectivity index (χ2n) is 12.4. The average Bonchev–Trinajstić information content (AvgIpc) is 2.93. The zero-order valence-corrected chi connectivity index (χ0v) is 26.5. The number of nitrogens with zero attached hydrogens (tertiary/aromatic N) is 4. The molecule has 0 saturated carbocycles. The average molecular weight is 608 g/mol. The Labute approximate surface area is 255 Å². The zero-order valence-electron chi connectivity index (χ0n) is 25.7. The molecule has 0 aliphatic carbocycles. The molecule has 0 radical (unpaired) electrons. The summed E-state index contributed by atoms with van der Waals surface area (Å²) in [7, 11) is 1.74. The van der Waals surface area contributed by atoms with Crippen molar-refractivity contribution in [3.05, 3.63) is 65.2 Å². The summed E-state index contributed by atoms with van der Waals surface area (Å²) in [6, 6.07) is 12.5. The number of carbonyl (C=O) groups excluding carboxylic acids is 2. The molecule has 4 rings (SSSR count). The van der Waals surface area contributed by atoms with E-state index in [0.717, 1.165) is 23.1 Å². The van der Waals surface area contributed by atoms with Gasteiger partial charge in [0.25, 0.3) is 5.91 Å². The molecule has 1 aliphatic heterocycles. The summed E-state index contributed by atoms with van der Waals surface area (Å²) < 4.78 is 27.8. The van der Waals surface area contributed by atoms with Gasteiger partial charge in [-0.2, -0.15) is 4.98 Å². The Hall–Kier alpha value is -3.83. The van der Waals surface area contributed by atoms with Crippen LogP contribution in [0.3, 0.4) is 0 Å². The number of ether oxygens (including phenoxy) is 1. The Morgan fingerprint density at radius 2 is 1.84 bits per heavy atom. The van der Waals surface area contributed by atoms with Crippen molar-refractivity contribution in [3.8, 4) is 17.1 Å². The van der Waals surface area contributed by atoms with Gasteiger partial charge < -0.3 is 24.8 Å². The van der Waals surface area contributed by atoms with Gasteiger partial charge in [0.15, 0.2) is 11.1 Å². The molecule has 3 N–H and O–H groups in total. The number of rotatable bonds is 9. The Morgan fingerprint density at radius 1 is 1.16 bits per heavy atom. The highest BCUT2D eigenvalue weighted by atomic mass is 32.2. The van der Waals surface area contributed by atoms with Gasteiger partial charge in [0.2, 0.25) is 17.7 Å². The van der Waals surface area contributed by atoms with Crippen LogP contribution < -0.4 is 10.5 Å². The van der Waals surface area contributed by atoms with Crippen LogP contribution in [0.4, 0.5) is 5.95 Å². The maximum absolute atomic E-state index is 14.3. The lowest BCUT2D eigenvalue weighted by Crippen LogP contribution is -2.58. The molecular formula is C32H41N5O5S. The molecule has 0 spiro atoms. The number of piperidine rings is 1. The second kappa shape index (κ2) is 13.2. The summed E-state index contributed by atoms with van der Waals surface area (Å²) in [5.74, 6) is -0.226. The monoisotopic (exact) mass is 607 g/mol. The largest absolute Gasteiger partial charge is 0.475 e. The molecule has 10 nitrogen and oxygen atoms in total. The van der Waals surface area contributed by atoms with Crippen LogP contribution in [0.1, 0.15) is 61.5 Å². The van der Waals surface area contributed by atoms with Gasteiger partial charge in [-0.25, -0.2) is 9.19 Å². The third-order valence-corrected chi connectivity index (χ3v) is 8.26. The van der Waals surface area contributed by atoms with Gasteiger partial charge >= 0.3 is 0 Å². The lowest BCUT2D eigenvalue weighted by Gasteiger charge is -2.43. The van der Waals surface area contributed by atoms with E-state index in [-0.39, 0.29) is 40.2 Å². The minimum Gasteiger partial charge on any atom is -0.475 e. The quantitative estimate of drug-likeness (QED) is 0.329. The Kier molecular flexibility index (Phi) is 9.86. The highest BCUT2D eigenvalue weighted by Crippen LogP contribution is 2.31. The molecule has 2 aromatic carbocycles. The van der Waals surface area contributed by atoms with Crippen LogP contribution in [-0.2, 0) is 15.9 Å². The smallest absolute Gasteiger partial charge is 0.254 e. The van der Waals surface area contributed by atoms with E-state index in [4.69, 9.17) is 10.5 Å². The summed E-state index contributed by atoms with van der Waals surface area (Å²) >= 11 is -2.26. The molecule has 2 amide bonds. The van der Waals surface area contributed by atoms with E-state index in [1.165, 1.54) is 12.1 Å². The van der Waals surface area contributed by atoms with Crippen molar-refractivity contribution in [1.82, 2.24) is 19.8 Å². The van der Waals surface area contributed by atoms with E-state index in [1.54, 1.807) is 35.0 Å². The van der Waals surface area contributed by atoms with Crippen molar-refractivity contribution >= 4 is 28.8 Å². The third-order valence-electron chi connectivity index (χ3n) is 7.61. The number of likely N-dealkylation sites (N-methyl/N-ethyl adjacent to an activating group) is 1. The third kappa shape index (κ3) is 7.77. The van der Waals surface area contributed by atoms with Gasteiger partial charge in [0.05, 0.1) is 16.6 Å². The Morgan fingerprint density at radius 3 is 2.49 bits per heavy atom. The van der Waals surface area contributed by atoms with Crippen LogP contribution in [-0.4, -0.2) is 72.6 Å². The molecule has 1 saturated heterocycles. The van der Waals surface area contributed by atoms with Crippen LogP contribution in [0, 0.1) is 19.3 Å².